The summed E-state index contributed by atoms with van der Waals surface area (Å²) in [7, 11) is 3.06. The zero-order valence-electron chi connectivity index (χ0n) is 13.4. The second kappa shape index (κ2) is 6.31. The number of benzene rings is 1. The van der Waals surface area contributed by atoms with Gasteiger partial charge in [-0.25, -0.2) is 0 Å². The van der Waals surface area contributed by atoms with Gasteiger partial charge in [0.05, 0.1) is 19.8 Å². The van der Waals surface area contributed by atoms with Crippen LogP contribution in [0.5, 0.6) is 11.5 Å². The molecule has 0 saturated carbocycles. The van der Waals surface area contributed by atoms with Crippen molar-refractivity contribution < 1.29 is 19.1 Å². The molecule has 1 aromatic carbocycles. The first-order valence-corrected chi connectivity index (χ1v) is 8.65. The smallest absolute Gasteiger partial charge is 0.260 e. The van der Waals surface area contributed by atoms with E-state index >= 15 is 0 Å². The molecule has 2 amide bonds. The standard InChI is InChI=1S/C16H20N2O4S/c1-4-7-17-14(19)10-8-23-16-9-5-6-11(21-2)13(22-3)12(9)15(20)18(10)16/h5-6,10,16H,4,7-8H2,1-3H3,(H,17,19)/t10-,16-/m1/s1. The SMILES string of the molecule is CCCNC(=O)[C@H]1CS[C@@H]2c3ccc(OC)c(OC)c3C(=O)N12. The van der Waals surface area contributed by atoms with Gasteiger partial charge < -0.3 is 19.7 Å². The monoisotopic (exact) mass is 336 g/mol. The summed E-state index contributed by atoms with van der Waals surface area (Å²) in [6.45, 7) is 2.62. The molecule has 124 valence electrons. The van der Waals surface area contributed by atoms with Crippen molar-refractivity contribution in [1.82, 2.24) is 10.2 Å². The van der Waals surface area contributed by atoms with Crippen LogP contribution in [0.3, 0.4) is 0 Å². The van der Waals surface area contributed by atoms with Gasteiger partial charge in [0, 0.05) is 17.9 Å². The summed E-state index contributed by atoms with van der Waals surface area (Å²) in [5.74, 6) is 1.33. The number of carbonyl (C=O) groups excluding carboxylic acids is 2. The Morgan fingerprint density at radius 3 is 2.83 bits per heavy atom. The molecule has 0 bridgehead atoms. The number of ether oxygens (including phenoxy) is 2. The zero-order chi connectivity index (χ0) is 16.6. The Morgan fingerprint density at radius 2 is 2.17 bits per heavy atom. The number of hydrogen-bond donors (Lipinski definition) is 1. The van der Waals surface area contributed by atoms with E-state index in [1.54, 1.807) is 29.8 Å². The highest BCUT2D eigenvalue weighted by molar-refractivity contribution is 7.99. The molecule has 3 rings (SSSR count). The Labute approximate surface area is 139 Å². The van der Waals surface area contributed by atoms with Crippen molar-refractivity contribution in [2.45, 2.75) is 24.8 Å². The molecule has 2 atom stereocenters. The largest absolute Gasteiger partial charge is 0.493 e. The van der Waals surface area contributed by atoms with Crippen molar-refractivity contribution in [3.8, 4) is 11.5 Å². The number of amides is 2. The molecule has 0 unspecified atom stereocenters. The minimum Gasteiger partial charge on any atom is -0.493 e. The Balaban J connectivity index is 1.95. The van der Waals surface area contributed by atoms with Gasteiger partial charge in [0.25, 0.3) is 5.91 Å². The van der Waals surface area contributed by atoms with Gasteiger partial charge in [-0.1, -0.05) is 13.0 Å². The number of nitrogens with one attached hydrogen (secondary N) is 1. The molecule has 23 heavy (non-hydrogen) atoms. The lowest BCUT2D eigenvalue weighted by atomic mass is 10.1. The zero-order valence-corrected chi connectivity index (χ0v) is 14.2. The van der Waals surface area contributed by atoms with Gasteiger partial charge in [-0.05, 0) is 12.5 Å². The number of thioether (sulfide) groups is 1. The van der Waals surface area contributed by atoms with Crippen LogP contribution in [0, 0.1) is 0 Å². The molecular weight excluding hydrogens is 316 g/mol. The van der Waals surface area contributed by atoms with E-state index in [4.69, 9.17) is 9.47 Å². The fourth-order valence-electron chi connectivity index (χ4n) is 3.06. The first-order chi connectivity index (χ1) is 11.1. The average Bonchev–Trinajstić information content (AvgIpc) is 3.12. The van der Waals surface area contributed by atoms with Gasteiger partial charge in [-0.15, -0.1) is 11.8 Å². The van der Waals surface area contributed by atoms with E-state index in [1.807, 2.05) is 13.0 Å². The number of carbonyl (C=O) groups is 2. The fraction of sp³-hybridized carbons (Fsp3) is 0.500. The average molecular weight is 336 g/mol. The summed E-state index contributed by atoms with van der Waals surface area (Å²) < 4.78 is 10.7. The van der Waals surface area contributed by atoms with Crippen molar-refractivity contribution in [3.63, 3.8) is 0 Å². The molecule has 0 aliphatic carbocycles. The van der Waals surface area contributed by atoms with Crippen LogP contribution in [0.25, 0.3) is 0 Å². The highest BCUT2D eigenvalue weighted by Gasteiger charge is 2.50. The molecule has 1 N–H and O–H groups in total. The van der Waals surface area contributed by atoms with Crippen LogP contribution in [-0.4, -0.2) is 49.3 Å². The van der Waals surface area contributed by atoms with Gasteiger partial charge >= 0.3 is 0 Å². The highest BCUT2D eigenvalue weighted by Crippen LogP contribution is 2.52. The third-order valence-electron chi connectivity index (χ3n) is 4.14. The summed E-state index contributed by atoms with van der Waals surface area (Å²) in [5, 5.41) is 2.75. The number of hydrogen-bond acceptors (Lipinski definition) is 5. The predicted molar refractivity (Wildman–Crippen MR) is 88.0 cm³/mol. The third-order valence-corrected chi connectivity index (χ3v) is 5.45. The molecule has 1 aromatic rings. The molecule has 1 fully saturated rings. The predicted octanol–water partition coefficient (Wildman–Crippen LogP) is 1.80. The lowest BCUT2D eigenvalue weighted by molar-refractivity contribution is -0.124. The van der Waals surface area contributed by atoms with E-state index < -0.39 is 6.04 Å². The minimum atomic E-state index is -0.438. The third kappa shape index (κ3) is 2.43. The lowest BCUT2D eigenvalue weighted by Gasteiger charge is -2.22. The summed E-state index contributed by atoms with van der Waals surface area (Å²) in [6, 6.07) is 3.25. The molecule has 7 heteroatoms. The van der Waals surface area contributed by atoms with Crippen molar-refractivity contribution in [2.24, 2.45) is 0 Å². The van der Waals surface area contributed by atoms with Crippen molar-refractivity contribution >= 4 is 23.6 Å². The Bertz CT molecular complexity index is 649. The Kier molecular flexibility index (Phi) is 4.39. The lowest BCUT2D eigenvalue weighted by Crippen LogP contribution is -2.46. The topological polar surface area (TPSA) is 67.9 Å². The minimum absolute atomic E-state index is 0.0889. The highest BCUT2D eigenvalue weighted by atomic mass is 32.2. The maximum Gasteiger partial charge on any atom is 0.260 e. The van der Waals surface area contributed by atoms with Crippen molar-refractivity contribution in [1.29, 1.82) is 0 Å². The van der Waals surface area contributed by atoms with Gasteiger partial charge in [0.1, 0.15) is 11.4 Å². The Morgan fingerprint density at radius 1 is 1.39 bits per heavy atom. The van der Waals surface area contributed by atoms with E-state index in [9.17, 15) is 9.59 Å². The first-order valence-electron chi connectivity index (χ1n) is 7.60. The molecule has 2 aliphatic heterocycles. The molecule has 0 aromatic heterocycles. The summed E-state index contributed by atoms with van der Waals surface area (Å²) in [5.41, 5.74) is 1.40. The number of fused-ring (bicyclic) bond motifs is 3. The summed E-state index contributed by atoms with van der Waals surface area (Å²) >= 11 is 1.61. The molecular formula is C16H20N2O4S. The second-order valence-electron chi connectivity index (χ2n) is 5.47. The summed E-state index contributed by atoms with van der Waals surface area (Å²) in [6.07, 6.45) is 0.869. The molecule has 0 radical (unpaired) electrons. The number of methoxy groups -OCH3 is 2. The summed E-state index contributed by atoms with van der Waals surface area (Å²) in [4.78, 5) is 26.9. The first kappa shape index (κ1) is 16.0. The quantitative estimate of drug-likeness (QED) is 0.888. The molecule has 2 aliphatic rings. The number of nitrogens with zero attached hydrogens (tertiary/aromatic N) is 1. The van der Waals surface area contributed by atoms with E-state index in [-0.39, 0.29) is 17.2 Å². The van der Waals surface area contributed by atoms with E-state index in [0.717, 1.165) is 12.0 Å². The van der Waals surface area contributed by atoms with E-state index in [0.29, 0.717) is 29.4 Å². The van der Waals surface area contributed by atoms with Crippen LogP contribution in [-0.2, 0) is 4.79 Å². The molecule has 6 nitrogen and oxygen atoms in total. The molecule has 0 spiro atoms. The molecule has 2 heterocycles. The fourth-order valence-corrected chi connectivity index (χ4v) is 4.52. The van der Waals surface area contributed by atoms with E-state index in [2.05, 4.69) is 5.32 Å². The van der Waals surface area contributed by atoms with Crippen molar-refractivity contribution in [3.05, 3.63) is 23.3 Å². The van der Waals surface area contributed by atoms with Gasteiger partial charge in [0.15, 0.2) is 11.5 Å². The van der Waals surface area contributed by atoms with Gasteiger partial charge in [-0.3, -0.25) is 9.59 Å². The number of rotatable bonds is 5. The second-order valence-corrected chi connectivity index (χ2v) is 6.58. The normalized spacial score (nSPS) is 21.9. The van der Waals surface area contributed by atoms with Gasteiger partial charge in [-0.2, -0.15) is 0 Å². The van der Waals surface area contributed by atoms with Crippen LogP contribution >= 0.6 is 11.8 Å². The van der Waals surface area contributed by atoms with Gasteiger partial charge in [0.2, 0.25) is 5.91 Å². The van der Waals surface area contributed by atoms with Crippen LogP contribution in [0.1, 0.15) is 34.6 Å². The maximum absolute atomic E-state index is 12.9. The van der Waals surface area contributed by atoms with Crippen molar-refractivity contribution in [2.75, 3.05) is 26.5 Å². The Hall–Kier alpha value is -1.89. The van der Waals surface area contributed by atoms with Crippen LogP contribution in [0.2, 0.25) is 0 Å². The van der Waals surface area contributed by atoms with E-state index in [1.165, 1.54) is 7.11 Å². The van der Waals surface area contributed by atoms with Crippen LogP contribution < -0.4 is 14.8 Å². The maximum atomic E-state index is 12.9. The van der Waals surface area contributed by atoms with Crippen LogP contribution in [0.15, 0.2) is 12.1 Å². The van der Waals surface area contributed by atoms with Crippen LogP contribution in [0.4, 0.5) is 0 Å². The molecule has 1 saturated heterocycles.